The predicted octanol–water partition coefficient (Wildman–Crippen LogP) is 5.04. The lowest BCUT2D eigenvalue weighted by Gasteiger charge is -2.19. The second kappa shape index (κ2) is 7.27. The Hall–Kier alpha value is -3.47. The average molecular weight is 367 g/mol. The van der Waals surface area contributed by atoms with Gasteiger partial charge in [-0.25, -0.2) is 9.97 Å². The molecule has 28 heavy (non-hydrogen) atoms. The van der Waals surface area contributed by atoms with Gasteiger partial charge in [0, 0.05) is 47.8 Å². The number of rotatable bonds is 4. The second-order valence-corrected chi connectivity index (χ2v) is 7.02. The first-order valence-corrected chi connectivity index (χ1v) is 9.66. The summed E-state index contributed by atoms with van der Waals surface area (Å²) in [5.41, 5.74) is 4.11. The molecule has 0 radical (unpaired) electrons. The van der Waals surface area contributed by atoms with Crippen molar-refractivity contribution in [2.75, 3.05) is 23.3 Å². The van der Waals surface area contributed by atoms with Crippen LogP contribution in [0.4, 0.5) is 17.2 Å². The van der Waals surface area contributed by atoms with Crippen molar-refractivity contribution in [3.63, 3.8) is 0 Å². The maximum absolute atomic E-state index is 4.82. The zero-order chi connectivity index (χ0) is 18.8. The first kappa shape index (κ1) is 16.7. The van der Waals surface area contributed by atoms with Crippen LogP contribution in [0.2, 0.25) is 0 Å². The van der Waals surface area contributed by atoms with E-state index in [0.29, 0.717) is 5.82 Å². The molecule has 138 valence electrons. The second-order valence-electron chi connectivity index (χ2n) is 7.02. The topological polar surface area (TPSA) is 53.9 Å². The van der Waals surface area contributed by atoms with Crippen LogP contribution < -0.4 is 10.2 Å². The van der Waals surface area contributed by atoms with Gasteiger partial charge in [0.2, 0.25) is 0 Å². The van der Waals surface area contributed by atoms with E-state index in [-0.39, 0.29) is 0 Å². The van der Waals surface area contributed by atoms with Crippen molar-refractivity contribution >= 4 is 28.1 Å². The fraction of sp³-hybridized carbons (Fsp3) is 0.174. The molecule has 0 amide bonds. The summed E-state index contributed by atoms with van der Waals surface area (Å²) in [4.78, 5) is 16.2. The molecule has 5 nitrogen and oxygen atoms in total. The lowest BCUT2D eigenvalue weighted by molar-refractivity contribution is 0.949. The molecule has 5 heteroatoms. The van der Waals surface area contributed by atoms with E-state index >= 15 is 0 Å². The van der Waals surface area contributed by atoms with Crippen molar-refractivity contribution in [1.29, 1.82) is 0 Å². The van der Waals surface area contributed by atoms with Gasteiger partial charge >= 0.3 is 0 Å². The van der Waals surface area contributed by atoms with Crippen LogP contribution in [0.1, 0.15) is 12.8 Å². The minimum Gasteiger partial charge on any atom is -0.371 e. The zero-order valence-electron chi connectivity index (χ0n) is 15.5. The summed E-state index contributed by atoms with van der Waals surface area (Å²) < 4.78 is 0. The molecular formula is C23H21N5. The van der Waals surface area contributed by atoms with Gasteiger partial charge in [-0.3, -0.25) is 4.98 Å². The summed E-state index contributed by atoms with van der Waals surface area (Å²) in [5.74, 6) is 1.48. The van der Waals surface area contributed by atoms with E-state index in [4.69, 9.17) is 9.97 Å². The first-order chi connectivity index (χ1) is 13.9. The highest BCUT2D eigenvalue weighted by Crippen LogP contribution is 2.29. The Morgan fingerprint density at radius 2 is 1.75 bits per heavy atom. The van der Waals surface area contributed by atoms with Crippen LogP contribution in [-0.4, -0.2) is 28.0 Å². The summed E-state index contributed by atoms with van der Waals surface area (Å²) in [5, 5.41) is 4.52. The predicted molar refractivity (Wildman–Crippen MR) is 114 cm³/mol. The summed E-state index contributed by atoms with van der Waals surface area (Å²) >= 11 is 0. The molecular weight excluding hydrogens is 346 g/mol. The highest BCUT2D eigenvalue weighted by Gasteiger charge is 2.14. The van der Waals surface area contributed by atoms with Gasteiger partial charge in [-0.1, -0.05) is 18.2 Å². The molecule has 1 aliphatic heterocycles. The molecule has 0 aliphatic carbocycles. The molecule has 4 aromatic rings. The molecule has 1 fully saturated rings. The Morgan fingerprint density at radius 3 is 2.61 bits per heavy atom. The van der Waals surface area contributed by atoms with Gasteiger partial charge in [0.25, 0.3) is 0 Å². The fourth-order valence-electron chi connectivity index (χ4n) is 3.69. The van der Waals surface area contributed by atoms with Crippen LogP contribution >= 0.6 is 0 Å². The minimum atomic E-state index is 0.671. The van der Waals surface area contributed by atoms with Crippen LogP contribution in [0, 0.1) is 0 Å². The Balaban J connectivity index is 1.56. The molecule has 2 aromatic carbocycles. The van der Waals surface area contributed by atoms with E-state index < -0.39 is 0 Å². The van der Waals surface area contributed by atoms with Gasteiger partial charge in [-0.2, -0.15) is 0 Å². The molecule has 1 N–H and O–H groups in total. The summed E-state index contributed by atoms with van der Waals surface area (Å²) in [6, 6.07) is 20.5. The maximum Gasteiger partial charge on any atom is 0.163 e. The molecule has 0 unspecified atom stereocenters. The highest BCUT2D eigenvalue weighted by atomic mass is 15.1. The lowest BCUT2D eigenvalue weighted by atomic mass is 10.2. The van der Waals surface area contributed by atoms with E-state index in [2.05, 4.69) is 45.5 Å². The van der Waals surface area contributed by atoms with Crippen LogP contribution in [0.15, 0.2) is 73.1 Å². The van der Waals surface area contributed by atoms with Crippen LogP contribution in [0.5, 0.6) is 0 Å². The summed E-state index contributed by atoms with van der Waals surface area (Å²) in [6.07, 6.45) is 6.08. The van der Waals surface area contributed by atoms with Crippen molar-refractivity contribution in [1.82, 2.24) is 15.0 Å². The third kappa shape index (κ3) is 3.27. The number of para-hydroxylation sites is 1. The molecule has 2 aromatic heterocycles. The number of hydrogen-bond donors (Lipinski definition) is 1. The van der Waals surface area contributed by atoms with E-state index in [0.717, 1.165) is 41.1 Å². The third-order valence-electron chi connectivity index (χ3n) is 5.10. The Bertz CT molecular complexity index is 1100. The van der Waals surface area contributed by atoms with Crippen LogP contribution in [0.3, 0.4) is 0 Å². The Labute approximate surface area is 164 Å². The van der Waals surface area contributed by atoms with Crippen molar-refractivity contribution in [3.05, 3.63) is 73.1 Å². The van der Waals surface area contributed by atoms with E-state index in [1.807, 2.05) is 30.3 Å². The SMILES string of the molecule is c1cncc(-c2nc(Nc3cccc(N4CCCC4)c3)c3ccccc3n2)c1. The smallest absolute Gasteiger partial charge is 0.163 e. The molecule has 0 atom stereocenters. The monoisotopic (exact) mass is 367 g/mol. The van der Waals surface area contributed by atoms with E-state index in [1.165, 1.54) is 18.5 Å². The standard InChI is InChI=1S/C23H21N5/c1-2-11-21-20(10-1)23(27-22(26-21)17-7-6-12-24-16-17)25-18-8-5-9-19(15-18)28-13-3-4-14-28/h1-2,5-12,15-16H,3-4,13-14H2,(H,25,26,27). The lowest BCUT2D eigenvalue weighted by Crippen LogP contribution is -2.17. The number of benzene rings is 2. The molecule has 1 aliphatic rings. The largest absolute Gasteiger partial charge is 0.371 e. The maximum atomic E-state index is 4.82. The molecule has 0 spiro atoms. The summed E-state index contributed by atoms with van der Waals surface area (Å²) in [7, 11) is 0. The number of anilines is 3. The normalized spacial score (nSPS) is 13.8. The molecule has 0 saturated carbocycles. The Kier molecular flexibility index (Phi) is 4.33. The number of fused-ring (bicyclic) bond motifs is 1. The number of nitrogens with one attached hydrogen (secondary N) is 1. The van der Waals surface area contributed by atoms with Gasteiger partial charge in [0.1, 0.15) is 5.82 Å². The first-order valence-electron chi connectivity index (χ1n) is 9.66. The number of nitrogens with zero attached hydrogens (tertiary/aromatic N) is 4. The number of pyridine rings is 1. The minimum absolute atomic E-state index is 0.671. The number of aromatic nitrogens is 3. The van der Waals surface area contributed by atoms with E-state index in [1.54, 1.807) is 12.4 Å². The van der Waals surface area contributed by atoms with Gasteiger partial charge in [0.05, 0.1) is 5.52 Å². The van der Waals surface area contributed by atoms with Gasteiger partial charge in [-0.15, -0.1) is 0 Å². The molecule has 5 rings (SSSR count). The number of hydrogen-bond acceptors (Lipinski definition) is 5. The third-order valence-corrected chi connectivity index (χ3v) is 5.10. The summed E-state index contributed by atoms with van der Waals surface area (Å²) in [6.45, 7) is 2.26. The van der Waals surface area contributed by atoms with Crippen LogP contribution in [0.25, 0.3) is 22.3 Å². The van der Waals surface area contributed by atoms with E-state index in [9.17, 15) is 0 Å². The molecule has 1 saturated heterocycles. The highest BCUT2D eigenvalue weighted by molar-refractivity contribution is 5.92. The zero-order valence-corrected chi connectivity index (χ0v) is 15.5. The van der Waals surface area contributed by atoms with Crippen molar-refractivity contribution in [3.8, 4) is 11.4 Å². The van der Waals surface area contributed by atoms with Crippen molar-refractivity contribution in [2.45, 2.75) is 12.8 Å². The quantitative estimate of drug-likeness (QED) is 0.548. The Morgan fingerprint density at radius 1 is 0.857 bits per heavy atom. The van der Waals surface area contributed by atoms with Gasteiger partial charge in [-0.05, 0) is 55.3 Å². The van der Waals surface area contributed by atoms with Gasteiger partial charge in [0.15, 0.2) is 5.82 Å². The molecule has 3 heterocycles. The van der Waals surface area contributed by atoms with Crippen LogP contribution in [-0.2, 0) is 0 Å². The van der Waals surface area contributed by atoms with Gasteiger partial charge < -0.3 is 10.2 Å². The average Bonchev–Trinajstić information content (AvgIpc) is 3.30. The molecule has 0 bridgehead atoms. The van der Waals surface area contributed by atoms with Crippen molar-refractivity contribution < 1.29 is 0 Å². The fourth-order valence-corrected chi connectivity index (χ4v) is 3.69. The van der Waals surface area contributed by atoms with Crippen molar-refractivity contribution in [2.24, 2.45) is 0 Å².